The van der Waals surface area contributed by atoms with E-state index in [0.717, 1.165) is 30.8 Å². The van der Waals surface area contributed by atoms with Crippen molar-refractivity contribution in [3.8, 4) is 0 Å². The van der Waals surface area contributed by atoms with Gasteiger partial charge in [-0.05, 0) is 12.8 Å². The smallest absolute Gasteiger partial charge is 0.305 e. The molecule has 1 aliphatic rings. The number of carbonyl (C=O) groups is 1. The lowest BCUT2D eigenvalue weighted by Crippen LogP contribution is -2.37. The van der Waals surface area contributed by atoms with Crippen molar-refractivity contribution in [1.29, 1.82) is 0 Å². The van der Waals surface area contributed by atoms with Gasteiger partial charge in [0.05, 0.1) is 6.42 Å². The van der Waals surface area contributed by atoms with Gasteiger partial charge >= 0.3 is 5.97 Å². The molecule has 2 rings (SSSR count). The first-order chi connectivity index (χ1) is 7.20. The molecule has 0 radical (unpaired) electrons. The second-order valence-electron chi connectivity index (χ2n) is 4.02. The maximum Gasteiger partial charge on any atom is 0.305 e. The van der Waals surface area contributed by atoms with Crippen molar-refractivity contribution in [2.45, 2.75) is 37.6 Å². The lowest BCUT2D eigenvalue weighted by molar-refractivity contribution is -0.138. The van der Waals surface area contributed by atoms with Gasteiger partial charge in [0, 0.05) is 17.1 Å². The first-order valence-electron chi connectivity index (χ1n) is 5.10. The number of aromatic nitrogens is 1. The van der Waals surface area contributed by atoms with Crippen LogP contribution in [0.1, 0.15) is 32.1 Å². The van der Waals surface area contributed by atoms with Crippen LogP contribution in [0.4, 0.5) is 5.13 Å². The molecule has 1 fully saturated rings. The lowest BCUT2D eigenvalue weighted by Gasteiger charge is -2.28. The summed E-state index contributed by atoms with van der Waals surface area (Å²) < 4.78 is 0. The predicted octanol–water partition coefficient (Wildman–Crippen LogP) is 2.34. The summed E-state index contributed by atoms with van der Waals surface area (Å²) in [4.78, 5) is 15.0. The number of anilines is 1. The molecule has 1 saturated carbocycles. The fourth-order valence-corrected chi connectivity index (χ4v) is 2.85. The fourth-order valence-electron chi connectivity index (χ4n) is 2.20. The molecule has 5 heteroatoms. The van der Waals surface area contributed by atoms with Crippen LogP contribution >= 0.6 is 11.3 Å². The zero-order chi connectivity index (χ0) is 10.7. The number of nitrogens with zero attached hydrogens (tertiary/aromatic N) is 1. The third-order valence-corrected chi connectivity index (χ3v) is 3.54. The zero-order valence-corrected chi connectivity index (χ0v) is 9.22. The van der Waals surface area contributed by atoms with Crippen molar-refractivity contribution in [3.05, 3.63) is 11.6 Å². The molecule has 0 atom stereocenters. The molecule has 1 aromatic heterocycles. The average Bonchev–Trinajstić information content (AvgIpc) is 2.76. The second-order valence-corrected chi connectivity index (χ2v) is 4.91. The first kappa shape index (κ1) is 10.4. The van der Waals surface area contributed by atoms with E-state index in [1.165, 1.54) is 11.3 Å². The summed E-state index contributed by atoms with van der Waals surface area (Å²) in [5.41, 5.74) is -0.260. The van der Waals surface area contributed by atoms with Crippen molar-refractivity contribution in [2.75, 3.05) is 5.32 Å². The Morgan fingerprint density at radius 2 is 2.33 bits per heavy atom. The summed E-state index contributed by atoms with van der Waals surface area (Å²) in [6, 6.07) is 0. The van der Waals surface area contributed by atoms with E-state index in [2.05, 4.69) is 10.3 Å². The minimum Gasteiger partial charge on any atom is -0.481 e. The molecule has 82 valence electrons. The van der Waals surface area contributed by atoms with Crippen molar-refractivity contribution in [3.63, 3.8) is 0 Å². The van der Waals surface area contributed by atoms with Gasteiger partial charge in [-0.15, -0.1) is 11.3 Å². The summed E-state index contributed by atoms with van der Waals surface area (Å²) in [7, 11) is 0. The number of hydrogen-bond acceptors (Lipinski definition) is 4. The standard InChI is InChI=1S/C10H14N2O2S/c13-8(14)7-10(3-1-2-4-10)12-9-11-5-6-15-9/h5-6H,1-4,7H2,(H,11,12)(H,13,14). The molecular weight excluding hydrogens is 212 g/mol. The Bertz CT molecular complexity index is 331. The number of thiazole rings is 1. The van der Waals surface area contributed by atoms with E-state index in [1.54, 1.807) is 6.20 Å². The molecule has 0 aliphatic heterocycles. The van der Waals surface area contributed by atoms with Crippen molar-refractivity contribution >= 4 is 22.4 Å². The number of nitrogens with one attached hydrogen (secondary N) is 1. The van der Waals surface area contributed by atoms with Crippen LogP contribution in [-0.2, 0) is 4.79 Å². The topological polar surface area (TPSA) is 62.2 Å². The molecule has 4 nitrogen and oxygen atoms in total. The van der Waals surface area contributed by atoms with Gasteiger partial charge in [-0.2, -0.15) is 0 Å². The Labute approximate surface area is 92.3 Å². The summed E-state index contributed by atoms with van der Waals surface area (Å²) in [6.45, 7) is 0. The van der Waals surface area contributed by atoms with E-state index in [1.807, 2.05) is 5.38 Å². The number of carboxylic acids is 1. The minimum atomic E-state index is -0.735. The number of rotatable bonds is 4. The Morgan fingerprint density at radius 1 is 1.60 bits per heavy atom. The van der Waals surface area contributed by atoms with E-state index in [4.69, 9.17) is 5.11 Å². The maximum atomic E-state index is 10.8. The number of carboxylic acid groups (broad SMARTS) is 1. The van der Waals surface area contributed by atoms with Gasteiger partial charge in [0.25, 0.3) is 0 Å². The van der Waals surface area contributed by atoms with E-state index in [0.29, 0.717) is 0 Å². The SMILES string of the molecule is O=C(O)CC1(Nc2nccs2)CCCC1. The molecule has 0 amide bonds. The first-order valence-corrected chi connectivity index (χ1v) is 5.98. The van der Waals surface area contributed by atoms with Gasteiger partial charge in [0.15, 0.2) is 5.13 Å². The van der Waals surface area contributed by atoms with Crippen LogP contribution in [0, 0.1) is 0 Å². The average molecular weight is 226 g/mol. The van der Waals surface area contributed by atoms with Crippen LogP contribution in [-0.4, -0.2) is 21.6 Å². The van der Waals surface area contributed by atoms with E-state index >= 15 is 0 Å². The normalized spacial score (nSPS) is 18.9. The number of hydrogen-bond donors (Lipinski definition) is 2. The predicted molar refractivity (Wildman–Crippen MR) is 59.2 cm³/mol. The van der Waals surface area contributed by atoms with Gasteiger partial charge in [-0.25, -0.2) is 4.98 Å². The Balaban J connectivity index is 2.09. The molecule has 0 unspecified atom stereocenters. The minimum absolute atomic E-state index is 0.187. The molecule has 2 N–H and O–H groups in total. The van der Waals surface area contributed by atoms with Crippen molar-refractivity contribution < 1.29 is 9.90 Å². The van der Waals surface area contributed by atoms with Crippen LogP contribution in [0.5, 0.6) is 0 Å². The van der Waals surface area contributed by atoms with Gasteiger partial charge in [0.1, 0.15) is 0 Å². The van der Waals surface area contributed by atoms with Crippen LogP contribution in [0.15, 0.2) is 11.6 Å². The van der Waals surface area contributed by atoms with Crippen LogP contribution in [0.2, 0.25) is 0 Å². The molecule has 1 heterocycles. The molecule has 0 spiro atoms. The van der Waals surface area contributed by atoms with Gasteiger partial charge < -0.3 is 10.4 Å². The molecule has 1 aromatic rings. The Hall–Kier alpha value is -1.10. The lowest BCUT2D eigenvalue weighted by atomic mass is 9.93. The summed E-state index contributed by atoms with van der Waals surface area (Å²) in [5.74, 6) is -0.735. The highest BCUT2D eigenvalue weighted by molar-refractivity contribution is 7.13. The van der Waals surface area contributed by atoms with Crippen LogP contribution in [0.25, 0.3) is 0 Å². The van der Waals surface area contributed by atoms with Crippen molar-refractivity contribution in [1.82, 2.24) is 4.98 Å². The molecular formula is C10H14N2O2S. The van der Waals surface area contributed by atoms with E-state index in [-0.39, 0.29) is 12.0 Å². The fraction of sp³-hybridized carbons (Fsp3) is 0.600. The second kappa shape index (κ2) is 4.18. The number of aliphatic carboxylic acids is 1. The third-order valence-electron chi connectivity index (χ3n) is 2.85. The van der Waals surface area contributed by atoms with Crippen LogP contribution < -0.4 is 5.32 Å². The monoisotopic (exact) mass is 226 g/mol. The highest BCUT2D eigenvalue weighted by Crippen LogP contribution is 2.36. The Morgan fingerprint density at radius 3 is 2.87 bits per heavy atom. The van der Waals surface area contributed by atoms with Crippen LogP contribution in [0.3, 0.4) is 0 Å². The van der Waals surface area contributed by atoms with Gasteiger partial charge in [-0.3, -0.25) is 4.79 Å². The summed E-state index contributed by atoms with van der Waals surface area (Å²) in [5, 5.41) is 14.9. The Kier molecular flexibility index (Phi) is 2.90. The molecule has 0 bridgehead atoms. The molecule has 15 heavy (non-hydrogen) atoms. The van der Waals surface area contributed by atoms with Gasteiger partial charge in [0.2, 0.25) is 0 Å². The summed E-state index contributed by atoms with van der Waals surface area (Å²) in [6.07, 6.45) is 5.98. The zero-order valence-electron chi connectivity index (χ0n) is 8.40. The van der Waals surface area contributed by atoms with Gasteiger partial charge in [-0.1, -0.05) is 12.8 Å². The highest BCUT2D eigenvalue weighted by atomic mass is 32.1. The molecule has 0 aromatic carbocycles. The third kappa shape index (κ3) is 2.47. The van der Waals surface area contributed by atoms with Crippen molar-refractivity contribution in [2.24, 2.45) is 0 Å². The largest absolute Gasteiger partial charge is 0.481 e. The molecule has 0 saturated heterocycles. The maximum absolute atomic E-state index is 10.8. The molecule has 1 aliphatic carbocycles. The van der Waals surface area contributed by atoms with E-state index in [9.17, 15) is 4.79 Å². The quantitative estimate of drug-likeness (QED) is 0.827. The van der Waals surface area contributed by atoms with E-state index < -0.39 is 5.97 Å². The highest BCUT2D eigenvalue weighted by Gasteiger charge is 2.36. The summed E-state index contributed by atoms with van der Waals surface area (Å²) >= 11 is 1.52.